The van der Waals surface area contributed by atoms with Gasteiger partial charge in [-0.25, -0.2) is 0 Å². The molecule has 0 aromatic heterocycles. The molecule has 0 radical (unpaired) electrons. The zero-order valence-electron chi connectivity index (χ0n) is 7.23. The molecule has 68 valence electrons. The molecule has 2 unspecified atom stereocenters. The van der Waals surface area contributed by atoms with E-state index in [4.69, 9.17) is 15.1 Å². The summed E-state index contributed by atoms with van der Waals surface area (Å²) in [5, 5.41) is 17.3. The number of hydrogen-bond acceptors (Lipinski definition) is 4. The molecule has 1 fully saturated rings. The van der Waals surface area contributed by atoms with Crippen molar-refractivity contribution in [2.45, 2.75) is 19.1 Å². The predicted octanol–water partition coefficient (Wildman–Crippen LogP) is -0.408. The van der Waals surface area contributed by atoms with Crippen LogP contribution in [-0.2, 0) is 4.74 Å². The summed E-state index contributed by atoms with van der Waals surface area (Å²) >= 11 is 0. The fraction of sp³-hybridized carbons (Fsp3) is 0.875. The summed E-state index contributed by atoms with van der Waals surface area (Å²) in [7, 11) is 0. The van der Waals surface area contributed by atoms with E-state index in [0.29, 0.717) is 19.7 Å². The normalized spacial score (nSPS) is 31.4. The number of hydrogen-bond donors (Lipinski definition) is 1. The number of aliphatic hydroxyl groups is 1. The van der Waals surface area contributed by atoms with Gasteiger partial charge in [0.25, 0.3) is 0 Å². The highest BCUT2D eigenvalue weighted by Crippen LogP contribution is 2.10. The minimum atomic E-state index is -0.116. The quantitative estimate of drug-likeness (QED) is 0.572. The van der Waals surface area contributed by atoms with Crippen LogP contribution in [0.4, 0.5) is 0 Å². The van der Waals surface area contributed by atoms with E-state index in [1.54, 1.807) is 0 Å². The zero-order chi connectivity index (χ0) is 8.97. The SMILES string of the molecule is CC1COC(CO)CN1CC#N. The van der Waals surface area contributed by atoms with Crippen LogP contribution in [0.15, 0.2) is 0 Å². The van der Waals surface area contributed by atoms with Gasteiger partial charge in [0.1, 0.15) is 0 Å². The second-order valence-electron chi connectivity index (χ2n) is 3.07. The van der Waals surface area contributed by atoms with Gasteiger partial charge in [-0.3, -0.25) is 4.90 Å². The van der Waals surface area contributed by atoms with Gasteiger partial charge in [-0.2, -0.15) is 5.26 Å². The second-order valence-corrected chi connectivity index (χ2v) is 3.07. The lowest BCUT2D eigenvalue weighted by Crippen LogP contribution is -2.49. The van der Waals surface area contributed by atoms with Crippen molar-refractivity contribution in [3.63, 3.8) is 0 Å². The van der Waals surface area contributed by atoms with E-state index in [1.165, 1.54) is 0 Å². The van der Waals surface area contributed by atoms with Gasteiger partial charge in [-0.15, -0.1) is 0 Å². The Morgan fingerprint density at radius 1 is 1.75 bits per heavy atom. The standard InChI is InChI=1S/C8H14N2O2/c1-7-6-12-8(5-11)4-10(7)3-2-9/h7-8,11H,3-6H2,1H3. The Hall–Kier alpha value is -0.630. The molecule has 1 rings (SSSR count). The van der Waals surface area contributed by atoms with Gasteiger partial charge in [0.15, 0.2) is 0 Å². The number of morpholine rings is 1. The van der Waals surface area contributed by atoms with Gasteiger partial charge < -0.3 is 9.84 Å². The molecular weight excluding hydrogens is 156 g/mol. The Balaban J connectivity index is 2.42. The molecule has 1 aliphatic heterocycles. The van der Waals surface area contributed by atoms with Crippen molar-refractivity contribution in [3.8, 4) is 6.07 Å². The maximum Gasteiger partial charge on any atom is 0.0933 e. The second kappa shape index (κ2) is 4.41. The van der Waals surface area contributed by atoms with Crippen molar-refractivity contribution in [1.82, 2.24) is 4.90 Å². The van der Waals surface area contributed by atoms with Gasteiger partial charge in [0, 0.05) is 12.6 Å². The lowest BCUT2D eigenvalue weighted by molar-refractivity contribution is -0.0736. The number of nitrogens with zero attached hydrogens (tertiary/aromatic N) is 2. The van der Waals surface area contributed by atoms with E-state index in [1.807, 2.05) is 11.8 Å². The van der Waals surface area contributed by atoms with Crippen LogP contribution in [-0.4, -0.2) is 48.5 Å². The third-order valence-corrected chi connectivity index (χ3v) is 2.11. The number of rotatable bonds is 2. The number of nitriles is 1. The van der Waals surface area contributed by atoms with Gasteiger partial charge in [-0.05, 0) is 6.92 Å². The predicted molar refractivity (Wildman–Crippen MR) is 43.5 cm³/mol. The third-order valence-electron chi connectivity index (χ3n) is 2.11. The molecule has 0 bridgehead atoms. The maximum atomic E-state index is 8.83. The largest absolute Gasteiger partial charge is 0.394 e. The Kier molecular flexibility index (Phi) is 3.48. The van der Waals surface area contributed by atoms with Crippen LogP contribution in [0.25, 0.3) is 0 Å². The molecule has 4 heteroatoms. The summed E-state index contributed by atoms with van der Waals surface area (Å²) in [5.41, 5.74) is 0. The molecule has 1 heterocycles. The number of aliphatic hydroxyl groups excluding tert-OH is 1. The lowest BCUT2D eigenvalue weighted by Gasteiger charge is -2.35. The first-order chi connectivity index (χ1) is 5.77. The van der Waals surface area contributed by atoms with Gasteiger partial charge in [0.2, 0.25) is 0 Å². The highest BCUT2D eigenvalue weighted by molar-refractivity contribution is 4.84. The Morgan fingerprint density at radius 2 is 2.50 bits per heavy atom. The average Bonchev–Trinajstić information content (AvgIpc) is 2.09. The van der Waals surface area contributed by atoms with E-state index in [-0.39, 0.29) is 18.8 Å². The molecule has 1 N–H and O–H groups in total. The highest BCUT2D eigenvalue weighted by Gasteiger charge is 2.24. The smallest absolute Gasteiger partial charge is 0.0933 e. The van der Waals surface area contributed by atoms with Crippen molar-refractivity contribution in [3.05, 3.63) is 0 Å². The molecule has 2 atom stereocenters. The average molecular weight is 170 g/mol. The summed E-state index contributed by atoms with van der Waals surface area (Å²) in [5.74, 6) is 0. The van der Waals surface area contributed by atoms with Crippen LogP contribution >= 0.6 is 0 Å². The highest BCUT2D eigenvalue weighted by atomic mass is 16.5. The molecule has 1 saturated heterocycles. The molecular formula is C8H14N2O2. The molecule has 0 aromatic carbocycles. The van der Waals surface area contributed by atoms with E-state index in [2.05, 4.69) is 6.07 Å². The van der Waals surface area contributed by atoms with E-state index in [0.717, 1.165) is 0 Å². The molecule has 0 amide bonds. The summed E-state index contributed by atoms with van der Waals surface area (Å²) < 4.78 is 5.31. The molecule has 0 spiro atoms. The van der Waals surface area contributed by atoms with E-state index in [9.17, 15) is 0 Å². The topological polar surface area (TPSA) is 56.5 Å². The summed E-state index contributed by atoms with van der Waals surface area (Å²) in [6.45, 7) is 3.73. The van der Waals surface area contributed by atoms with Crippen molar-refractivity contribution in [2.75, 3.05) is 26.3 Å². The molecule has 1 aliphatic rings. The third kappa shape index (κ3) is 2.18. The molecule has 0 aliphatic carbocycles. The lowest BCUT2D eigenvalue weighted by atomic mass is 10.2. The van der Waals surface area contributed by atoms with Gasteiger partial charge >= 0.3 is 0 Å². The fourth-order valence-electron chi connectivity index (χ4n) is 1.30. The monoisotopic (exact) mass is 170 g/mol. The minimum Gasteiger partial charge on any atom is -0.394 e. The van der Waals surface area contributed by atoms with Crippen molar-refractivity contribution >= 4 is 0 Å². The van der Waals surface area contributed by atoms with E-state index < -0.39 is 0 Å². The first-order valence-corrected chi connectivity index (χ1v) is 4.11. The first kappa shape index (κ1) is 9.46. The van der Waals surface area contributed by atoms with Crippen LogP contribution in [0.1, 0.15) is 6.92 Å². The van der Waals surface area contributed by atoms with E-state index >= 15 is 0 Å². The number of ether oxygens (including phenoxy) is 1. The Labute approximate surface area is 72.3 Å². The van der Waals surface area contributed by atoms with Crippen molar-refractivity contribution < 1.29 is 9.84 Å². The van der Waals surface area contributed by atoms with Crippen LogP contribution in [0.3, 0.4) is 0 Å². The Bertz CT molecular complexity index is 178. The Morgan fingerprint density at radius 3 is 3.08 bits per heavy atom. The zero-order valence-corrected chi connectivity index (χ0v) is 7.23. The minimum absolute atomic E-state index is 0.0364. The van der Waals surface area contributed by atoms with Crippen LogP contribution in [0.5, 0.6) is 0 Å². The molecule has 12 heavy (non-hydrogen) atoms. The molecule has 0 aromatic rings. The summed E-state index contributed by atoms with van der Waals surface area (Å²) in [6.07, 6.45) is -0.116. The maximum absolute atomic E-state index is 8.83. The molecule has 0 saturated carbocycles. The van der Waals surface area contributed by atoms with Crippen LogP contribution in [0.2, 0.25) is 0 Å². The van der Waals surface area contributed by atoms with Crippen molar-refractivity contribution in [1.29, 1.82) is 5.26 Å². The van der Waals surface area contributed by atoms with Gasteiger partial charge in [0.05, 0.1) is 31.9 Å². The van der Waals surface area contributed by atoms with Crippen LogP contribution in [0, 0.1) is 11.3 Å². The van der Waals surface area contributed by atoms with Gasteiger partial charge in [-0.1, -0.05) is 0 Å². The summed E-state index contributed by atoms with van der Waals surface area (Å²) in [6, 6.07) is 2.39. The first-order valence-electron chi connectivity index (χ1n) is 4.11. The fourth-order valence-corrected chi connectivity index (χ4v) is 1.30. The van der Waals surface area contributed by atoms with Crippen LogP contribution < -0.4 is 0 Å². The summed E-state index contributed by atoms with van der Waals surface area (Å²) in [4.78, 5) is 2.02. The van der Waals surface area contributed by atoms with Crippen molar-refractivity contribution in [2.24, 2.45) is 0 Å². The molecule has 4 nitrogen and oxygen atoms in total.